The molecule has 5 heteroatoms. The van der Waals surface area contributed by atoms with Crippen LogP contribution in [0.15, 0.2) is 24.3 Å². The molecule has 1 saturated heterocycles. The number of hydrogen-bond acceptors (Lipinski definition) is 3. The molecule has 1 saturated carbocycles. The zero-order valence-electron chi connectivity index (χ0n) is 13.9. The van der Waals surface area contributed by atoms with Crippen molar-refractivity contribution in [1.29, 1.82) is 0 Å². The molecule has 1 aromatic rings. The third-order valence-electron chi connectivity index (χ3n) is 4.89. The highest BCUT2D eigenvalue weighted by atomic mass is 16.5. The molecule has 1 N–H and O–H groups in total. The Kier molecular flexibility index (Phi) is 5.51. The molecular weight excluding hydrogens is 306 g/mol. The molecule has 0 spiro atoms. The van der Waals surface area contributed by atoms with Crippen LogP contribution in [0, 0.1) is 5.92 Å². The standard InChI is InChI=1S/C19H25NO4/c21-18(8-5-14-3-6-16(7-4-14)19(22)23)20-11-9-17(10-12-20)24-13-15-1-2-15/h3-4,6-7,15,17H,1-2,5,8-13H2,(H,22,23). The van der Waals surface area contributed by atoms with Crippen molar-refractivity contribution in [2.75, 3.05) is 19.7 Å². The molecular formula is C19H25NO4. The first kappa shape index (κ1) is 17.0. The van der Waals surface area contributed by atoms with Crippen molar-refractivity contribution in [3.05, 3.63) is 35.4 Å². The van der Waals surface area contributed by atoms with Crippen LogP contribution in [-0.2, 0) is 16.0 Å². The maximum atomic E-state index is 12.3. The van der Waals surface area contributed by atoms with Gasteiger partial charge in [-0.3, -0.25) is 4.79 Å². The number of nitrogens with zero attached hydrogens (tertiary/aromatic N) is 1. The zero-order valence-corrected chi connectivity index (χ0v) is 13.9. The molecule has 0 aromatic heterocycles. The molecule has 3 rings (SSSR count). The summed E-state index contributed by atoms with van der Waals surface area (Å²) in [5, 5.41) is 8.89. The average molecular weight is 331 g/mol. The molecule has 1 aromatic carbocycles. The maximum Gasteiger partial charge on any atom is 0.335 e. The minimum Gasteiger partial charge on any atom is -0.478 e. The highest BCUT2D eigenvalue weighted by Crippen LogP contribution is 2.30. The number of aryl methyl sites for hydroxylation is 1. The van der Waals surface area contributed by atoms with Gasteiger partial charge in [0.25, 0.3) is 0 Å². The van der Waals surface area contributed by atoms with Gasteiger partial charge in [-0.1, -0.05) is 12.1 Å². The van der Waals surface area contributed by atoms with Crippen LogP contribution < -0.4 is 0 Å². The molecule has 1 aliphatic heterocycles. The molecule has 2 fully saturated rings. The van der Waals surface area contributed by atoms with Gasteiger partial charge < -0.3 is 14.7 Å². The Morgan fingerprint density at radius 2 is 1.75 bits per heavy atom. The molecule has 0 atom stereocenters. The third-order valence-corrected chi connectivity index (χ3v) is 4.89. The fraction of sp³-hybridized carbons (Fsp3) is 0.579. The Bertz CT molecular complexity index is 572. The van der Waals surface area contributed by atoms with Crippen molar-refractivity contribution in [2.45, 2.75) is 44.6 Å². The topological polar surface area (TPSA) is 66.8 Å². The van der Waals surface area contributed by atoms with E-state index in [1.165, 1.54) is 12.8 Å². The van der Waals surface area contributed by atoms with Gasteiger partial charge in [-0.15, -0.1) is 0 Å². The summed E-state index contributed by atoms with van der Waals surface area (Å²) in [5.74, 6) is 0.0412. The summed E-state index contributed by atoms with van der Waals surface area (Å²) < 4.78 is 5.91. The summed E-state index contributed by atoms with van der Waals surface area (Å²) in [4.78, 5) is 25.1. The normalized spacial score (nSPS) is 18.6. The van der Waals surface area contributed by atoms with Crippen LogP contribution in [0.5, 0.6) is 0 Å². The van der Waals surface area contributed by atoms with Gasteiger partial charge in [0.15, 0.2) is 0 Å². The van der Waals surface area contributed by atoms with E-state index in [4.69, 9.17) is 9.84 Å². The van der Waals surface area contributed by atoms with Crippen molar-refractivity contribution >= 4 is 11.9 Å². The van der Waals surface area contributed by atoms with Crippen molar-refractivity contribution in [3.8, 4) is 0 Å². The maximum absolute atomic E-state index is 12.3. The van der Waals surface area contributed by atoms with E-state index in [2.05, 4.69) is 0 Å². The van der Waals surface area contributed by atoms with Crippen molar-refractivity contribution in [2.24, 2.45) is 5.92 Å². The monoisotopic (exact) mass is 331 g/mol. The predicted octanol–water partition coefficient (Wildman–Crippen LogP) is 2.74. The number of carboxylic acid groups (broad SMARTS) is 1. The summed E-state index contributed by atoms with van der Waals surface area (Å²) in [6, 6.07) is 6.75. The number of piperidine rings is 1. The lowest BCUT2D eigenvalue weighted by Gasteiger charge is -2.32. The third kappa shape index (κ3) is 4.81. The van der Waals surface area contributed by atoms with E-state index in [1.807, 2.05) is 4.90 Å². The highest BCUT2D eigenvalue weighted by Gasteiger charge is 2.26. The van der Waals surface area contributed by atoms with Gasteiger partial charge >= 0.3 is 5.97 Å². The van der Waals surface area contributed by atoms with E-state index in [0.717, 1.165) is 44.0 Å². The molecule has 0 radical (unpaired) electrons. The SMILES string of the molecule is O=C(O)c1ccc(CCC(=O)N2CCC(OCC3CC3)CC2)cc1. The minimum atomic E-state index is -0.926. The fourth-order valence-electron chi connectivity index (χ4n) is 3.05. The lowest BCUT2D eigenvalue weighted by atomic mass is 10.0. The fourth-order valence-corrected chi connectivity index (χ4v) is 3.05. The molecule has 0 unspecified atom stereocenters. The number of hydrogen-bond donors (Lipinski definition) is 1. The first-order valence-corrected chi connectivity index (χ1v) is 8.83. The predicted molar refractivity (Wildman–Crippen MR) is 90.0 cm³/mol. The van der Waals surface area contributed by atoms with Gasteiger partial charge in [-0.05, 0) is 55.7 Å². The molecule has 5 nitrogen and oxygen atoms in total. The largest absolute Gasteiger partial charge is 0.478 e. The second-order valence-electron chi connectivity index (χ2n) is 6.86. The summed E-state index contributed by atoms with van der Waals surface area (Å²) in [6.45, 7) is 2.46. The van der Waals surface area contributed by atoms with Crippen LogP contribution >= 0.6 is 0 Å². The Hall–Kier alpha value is -1.88. The van der Waals surface area contributed by atoms with E-state index in [0.29, 0.717) is 18.9 Å². The Labute approximate surface area is 142 Å². The molecule has 24 heavy (non-hydrogen) atoms. The summed E-state index contributed by atoms with van der Waals surface area (Å²) >= 11 is 0. The molecule has 1 heterocycles. The Balaban J connectivity index is 1.38. The molecule has 130 valence electrons. The summed E-state index contributed by atoms with van der Waals surface area (Å²) in [6.07, 6.45) is 5.93. The van der Waals surface area contributed by atoms with Crippen LogP contribution in [0.25, 0.3) is 0 Å². The highest BCUT2D eigenvalue weighted by molar-refractivity contribution is 5.87. The Morgan fingerprint density at radius 3 is 2.33 bits per heavy atom. The van der Waals surface area contributed by atoms with Crippen LogP contribution in [0.3, 0.4) is 0 Å². The second kappa shape index (κ2) is 7.79. The number of carbonyl (C=O) groups is 2. The van der Waals surface area contributed by atoms with E-state index >= 15 is 0 Å². The number of amides is 1. The van der Waals surface area contributed by atoms with E-state index in [9.17, 15) is 9.59 Å². The van der Waals surface area contributed by atoms with Crippen molar-refractivity contribution in [3.63, 3.8) is 0 Å². The number of benzene rings is 1. The minimum absolute atomic E-state index is 0.179. The van der Waals surface area contributed by atoms with Gasteiger partial charge in [-0.25, -0.2) is 4.79 Å². The number of carbonyl (C=O) groups excluding carboxylic acids is 1. The van der Waals surface area contributed by atoms with Gasteiger partial charge in [0.2, 0.25) is 5.91 Å². The number of aromatic carboxylic acids is 1. The number of rotatable bonds is 7. The number of ether oxygens (including phenoxy) is 1. The number of likely N-dealkylation sites (tertiary alicyclic amines) is 1. The quantitative estimate of drug-likeness (QED) is 0.834. The van der Waals surface area contributed by atoms with Gasteiger partial charge in [-0.2, -0.15) is 0 Å². The van der Waals surface area contributed by atoms with E-state index in [1.54, 1.807) is 24.3 Å². The van der Waals surface area contributed by atoms with Gasteiger partial charge in [0.1, 0.15) is 0 Å². The summed E-state index contributed by atoms with van der Waals surface area (Å²) in [7, 11) is 0. The molecule has 0 bridgehead atoms. The van der Waals surface area contributed by atoms with Crippen LogP contribution in [0.4, 0.5) is 0 Å². The first-order chi connectivity index (χ1) is 11.6. The molecule has 2 aliphatic rings. The van der Waals surface area contributed by atoms with Crippen molar-refractivity contribution in [1.82, 2.24) is 4.90 Å². The molecule has 1 amide bonds. The van der Waals surface area contributed by atoms with Crippen LogP contribution in [-0.4, -0.2) is 47.7 Å². The molecule has 1 aliphatic carbocycles. The first-order valence-electron chi connectivity index (χ1n) is 8.83. The lowest BCUT2D eigenvalue weighted by Crippen LogP contribution is -2.41. The second-order valence-corrected chi connectivity index (χ2v) is 6.86. The average Bonchev–Trinajstić information content (AvgIpc) is 3.43. The van der Waals surface area contributed by atoms with E-state index < -0.39 is 5.97 Å². The van der Waals surface area contributed by atoms with Gasteiger partial charge in [0, 0.05) is 26.1 Å². The smallest absolute Gasteiger partial charge is 0.335 e. The lowest BCUT2D eigenvalue weighted by molar-refractivity contribution is -0.133. The van der Waals surface area contributed by atoms with Crippen LogP contribution in [0.2, 0.25) is 0 Å². The Morgan fingerprint density at radius 1 is 1.08 bits per heavy atom. The van der Waals surface area contributed by atoms with Gasteiger partial charge in [0.05, 0.1) is 11.7 Å². The zero-order chi connectivity index (χ0) is 16.9. The number of carboxylic acids is 1. The van der Waals surface area contributed by atoms with Crippen molar-refractivity contribution < 1.29 is 19.4 Å². The van der Waals surface area contributed by atoms with E-state index in [-0.39, 0.29) is 11.5 Å². The van der Waals surface area contributed by atoms with Crippen LogP contribution in [0.1, 0.15) is 48.0 Å². The summed E-state index contributed by atoms with van der Waals surface area (Å²) in [5.41, 5.74) is 1.27.